The van der Waals surface area contributed by atoms with E-state index in [1.165, 1.54) is 0 Å². The van der Waals surface area contributed by atoms with E-state index >= 15 is 0 Å². The smallest absolute Gasteiger partial charge is 0.0833 e. The Labute approximate surface area is 109 Å². The predicted molar refractivity (Wildman–Crippen MR) is 67.6 cm³/mol. The Morgan fingerprint density at radius 2 is 2.18 bits per heavy atom. The van der Waals surface area contributed by atoms with Crippen molar-refractivity contribution in [3.05, 3.63) is 45.7 Å². The Balaban J connectivity index is 2.47. The molecule has 1 aromatic heterocycles. The molecule has 0 saturated heterocycles. The lowest BCUT2D eigenvalue weighted by Gasteiger charge is -2.03. The van der Waals surface area contributed by atoms with Crippen LogP contribution in [0, 0.1) is 18.3 Å². The van der Waals surface area contributed by atoms with Gasteiger partial charge in [-0.05, 0) is 25.1 Å². The molecular weight excluding hydrogens is 257 g/mol. The molecule has 0 fully saturated rings. The van der Waals surface area contributed by atoms with E-state index in [-0.39, 0.29) is 0 Å². The molecule has 1 heterocycles. The zero-order valence-corrected chi connectivity index (χ0v) is 10.6. The van der Waals surface area contributed by atoms with Gasteiger partial charge in [0.05, 0.1) is 28.9 Å². The van der Waals surface area contributed by atoms with E-state index in [0.29, 0.717) is 16.5 Å². The third-order valence-electron chi connectivity index (χ3n) is 2.43. The van der Waals surface area contributed by atoms with Crippen molar-refractivity contribution in [2.75, 3.05) is 0 Å². The number of hydrogen-bond donors (Lipinski definition) is 0. The summed E-state index contributed by atoms with van der Waals surface area (Å²) in [6.45, 7) is 1.87. The van der Waals surface area contributed by atoms with Crippen molar-refractivity contribution in [1.82, 2.24) is 9.78 Å². The molecule has 2 aromatic rings. The zero-order chi connectivity index (χ0) is 12.4. The maximum atomic E-state index is 8.68. The number of rotatable bonds is 2. The Hall–Kier alpha value is -1.50. The van der Waals surface area contributed by atoms with Crippen molar-refractivity contribution >= 4 is 23.2 Å². The van der Waals surface area contributed by atoms with E-state index in [1.54, 1.807) is 22.9 Å². The minimum Gasteiger partial charge on any atom is -0.239 e. The SMILES string of the molecule is Cc1nn(-c2ccc(Cl)cc2Cl)cc1CC#N. The number of nitriles is 1. The average molecular weight is 266 g/mol. The van der Waals surface area contributed by atoms with E-state index in [4.69, 9.17) is 28.5 Å². The fourth-order valence-electron chi connectivity index (χ4n) is 1.54. The minimum absolute atomic E-state index is 0.344. The number of halogens is 2. The van der Waals surface area contributed by atoms with E-state index in [9.17, 15) is 0 Å². The number of nitrogens with zero attached hydrogens (tertiary/aromatic N) is 3. The van der Waals surface area contributed by atoms with Crippen LogP contribution in [0.5, 0.6) is 0 Å². The lowest BCUT2D eigenvalue weighted by molar-refractivity contribution is 0.863. The molecule has 0 saturated carbocycles. The second kappa shape index (κ2) is 4.79. The van der Waals surface area contributed by atoms with Crippen LogP contribution in [-0.2, 0) is 6.42 Å². The minimum atomic E-state index is 0.344. The molecule has 0 spiro atoms. The van der Waals surface area contributed by atoms with Crippen molar-refractivity contribution in [1.29, 1.82) is 5.26 Å². The molecule has 0 aliphatic carbocycles. The first-order chi connectivity index (χ1) is 8.11. The molecule has 0 N–H and O–H groups in total. The zero-order valence-electron chi connectivity index (χ0n) is 9.11. The lowest BCUT2D eigenvalue weighted by Crippen LogP contribution is -1.95. The Morgan fingerprint density at radius 3 is 2.82 bits per heavy atom. The molecule has 0 amide bonds. The van der Waals surface area contributed by atoms with E-state index < -0.39 is 0 Å². The molecule has 0 bridgehead atoms. The van der Waals surface area contributed by atoms with Crippen molar-refractivity contribution in [2.24, 2.45) is 0 Å². The van der Waals surface area contributed by atoms with E-state index in [2.05, 4.69) is 11.2 Å². The molecule has 17 heavy (non-hydrogen) atoms. The van der Waals surface area contributed by atoms with Crippen LogP contribution in [-0.4, -0.2) is 9.78 Å². The summed E-state index contributed by atoms with van der Waals surface area (Å²) in [5, 5.41) is 14.1. The number of aromatic nitrogens is 2. The van der Waals surface area contributed by atoms with Crippen molar-refractivity contribution in [3.63, 3.8) is 0 Å². The number of aryl methyl sites for hydroxylation is 1. The fraction of sp³-hybridized carbons (Fsp3) is 0.167. The Kier molecular flexibility index (Phi) is 3.37. The van der Waals surface area contributed by atoms with Gasteiger partial charge in [0.2, 0.25) is 0 Å². The van der Waals surface area contributed by atoms with Gasteiger partial charge in [-0.1, -0.05) is 23.2 Å². The summed E-state index contributed by atoms with van der Waals surface area (Å²) in [5.74, 6) is 0. The average Bonchev–Trinajstić information content (AvgIpc) is 2.60. The van der Waals surface area contributed by atoms with Crippen LogP contribution in [0.15, 0.2) is 24.4 Å². The number of benzene rings is 1. The van der Waals surface area contributed by atoms with Crippen LogP contribution in [0.4, 0.5) is 0 Å². The summed E-state index contributed by atoms with van der Waals surface area (Å²) < 4.78 is 1.67. The summed E-state index contributed by atoms with van der Waals surface area (Å²) in [7, 11) is 0. The monoisotopic (exact) mass is 265 g/mol. The molecule has 3 nitrogen and oxygen atoms in total. The Morgan fingerprint density at radius 1 is 1.41 bits per heavy atom. The number of hydrogen-bond acceptors (Lipinski definition) is 2. The first-order valence-electron chi connectivity index (χ1n) is 4.99. The standard InChI is InChI=1S/C12H9Cl2N3/c1-8-9(4-5-15)7-17(16-8)12-3-2-10(13)6-11(12)14/h2-3,6-7H,4H2,1H3. The molecule has 2 rings (SSSR count). The summed E-state index contributed by atoms with van der Waals surface area (Å²) in [4.78, 5) is 0. The molecule has 0 radical (unpaired) electrons. The second-order valence-corrected chi connectivity index (χ2v) is 4.46. The van der Waals surface area contributed by atoms with Gasteiger partial charge < -0.3 is 0 Å². The molecule has 0 aliphatic rings. The van der Waals surface area contributed by atoms with Gasteiger partial charge in [-0.2, -0.15) is 10.4 Å². The van der Waals surface area contributed by atoms with Crippen LogP contribution >= 0.6 is 23.2 Å². The van der Waals surface area contributed by atoms with E-state index in [0.717, 1.165) is 16.9 Å². The highest BCUT2D eigenvalue weighted by atomic mass is 35.5. The summed E-state index contributed by atoms with van der Waals surface area (Å²) in [6, 6.07) is 7.32. The Bertz CT molecular complexity index is 596. The molecule has 1 aromatic carbocycles. The van der Waals surface area contributed by atoms with Gasteiger partial charge in [-0.3, -0.25) is 0 Å². The van der Waals surface area contributed by atoms with E-state index in [1.807, 2.05) is 13.1 Å². The van der Waals surface area contributed by atoms with Gasteiger partial charge in [0.1, 0.15) is 0 Å². The van der Waals surface area contributed by atoms with Gasteiger partial charge in [-0.15, -0.1) is 0 Å². The summed E-state index contributed by atoms with van der Waals surface area (Å²) in [6.07, 6.45) is 2.16. The predicted octanol–water partition coefficient (Wildman–Crippen LogP) is 3.55. The van der Waals surface area contributed by atoms with Gasteiger partial charge >= 0.3 is 0 Å². The summed E-state index contributed by atoms with van der Waals surface area (Å²) >= 11 is 11.9. The summed E-state index contributed by atoms with van der Waals surface area (Å²) in [5.41, 5.74) is 2.49. The van der Waals surface area contributed by atoms with Gasteiger partial charge in [-0.25, -0.2) is 4.68 Å². The molecule has 0 aliphatic heterocycles. The molecule has 0 atom stereocenters. The molecular formula is C12H9Cl2N3. The third-order valence-corrected chi connectivity index (χ3v) is 2.96. The van der Waals surface area contributed by atoms with Crippen LogP contribution in [0.1, 0.15) is 11.3 Å². The normalized spacial score (nSPS) is 10.2. The maximum absolute atomic E-state index is 8.68. The van der Waals surface area contributed by atoms with Crippen molar-refractivity contribution < 1.29 is 0 Å². The quantitative estimate of drug-likeness (QED) is 0.834. The molecule has 0 unspecified atom stereocenters. The van der Waals surface area contributed by atoms with Gasteiger partial charge in [0.25, 0.3) is 0 Å². The fourth-order valence-corrected chi connectivity index (χ4v) is 2.04. The first kappa shape index (κ1) is 12.0. The van der Waals surface area contributed by atoms with Crippen LogP contribution in [0.3, 0.4) is 0 Å². The van der Waals surface area contributed by atoms with Crippen LogP contribution in [0.25, 0.3) is 5.69 Å². The highest BCUT2D eigenvalue weighted by molar-refractivity contribution is 6.35. The first-order valence-corrected chi connectivity index (χ1v) is 5.75. The van der Waals surface area contributed by atoms with Crippen LogP contribution in [0.2, 0.25) is 10.0 Å². The maximum Gasteiger partial charge on any atom is 0.0833 e. The highest BCUT2D eigenvalue weighted by Crippen LogP contribution is 2.24. The van der Waals surface area contributed by atoms with Crippen molar-refractivity contribution in [2.45, 2.75) is 13.3 Å². The third kappa shape index (κ3) is 2.44. The second-order valence-electron chi connectivity index (χ2n) is 3.61. The lowest BCUT2D eigenvalue weighted by atomic mass is 10.2. The largest absolute Gasteiger partial charge is 0.239 e. The van der Waals surface area contributed by atoms with Gasteiger partial charge in [0.15, 0.2) is 0 Å². The molecule has 86 valence electrons. The highest BCUT2D eigenvalue weighted by Gasteiger charge is 2.08. The van der Waals surface area contributed by atoms with Gasteiger partial charge in [0, 0.05) is 16.8 Å². The van der Waals surface area contributed by atoms with Crippen LogP contribution < -0.4 is 0 Å². The topological polar surface area (TPSA) is 41.6 Å². The van der Waals surface area contributed by atoms with Crippen molar-refractivity contribution in [3.8, 4) is 11.8 Å². The molecule has 5 heteroatoms.